The van der Waals surface area contributed by atoms with Crippen molar-refractivity contribution in [1.82, 2.24) is 34.6 Å². The Morgan fingerprint density at radius 3 is 2.30 bits per heavy atom. The van der Waals surface area contributed by atoms with E-state index in [-0.39, 0.29) is 54.4 Å². The summed E-state index contributed by atoms with van der Waals surface area (Å²) in [6, 6.07) is -0.371. The first-order chi connectivity index (χ1) is 17.3. The minimum absolute atomic E-state index is 0.0178. The fraction of sp³-hybridized carbons (Fsp3) is 0.524. The number of carbonyl (C=O) groups is 1. The number of halogens is 6. The van der Waals surface area contributed by atoms with E-state index < -0.39 is 23.2 Å². The quantitative estimate of drug-likeness (QED) is 0.448. The van der Waals surface area contributed by atoms with Crippen molar-refractivity contribution in [2.24, 2.45) is 0 Å². The summed E-state index contributed by atoms with van der Waals surface area (Å²) in [6.45, 7) is 6.00. The van der Waals surface area contributed by atoms with Crippen molar-refractivity contribution in [3.63, 3.8) is 0 Å². The molecule has 1 aliphatic rings. The van der Waals surface area contributed by atoms with E-state index in [0.717, 1.165) is 12.4 Å². The van der Waals surface area contributed by atoms with Crippen molar-refractivity contribution in [2.75, 3.05) is 24.5 Å². The van der Waals surface area contributed by atoms with Crippen LogP contribution in [-0.4, -0.2) is 66.2 Å². The lowest BCUT2D eigenvalue weighted by Crippen LogP contribution is -2.54. The molecule has 0 aromatic carbocycles. The Morgan fingerprint density at radius 1 is 1.08 bits per heavy atom. The number of aryl methyl sites for hydroxylation is 2. The molecule has 200 valence electrons. The molecule has 1 amide bonds. The van der Waals surface area contributed by atoms with Gasteiger partial charge in [-0.15, -0.1) is 0 Å². The average Bonchev–Trinajstić information content (AvgIpc) is 3.42. The van der Waals surface area contributed by atoms with Crippen LogP contribution >= 0.6 is 11.3 Å². The van der Waals surface area contributed by atoms with E-state index in [0.29, 0.717) is 29.4 Å². The highest BCUT2D eigenvalue weighted by atomic mass is 32.1. The van der Waals surface area contributed by atoms with Crippen LogP contribution in [0.1, 0.15) is 36.3 Å². The Bertz CT molecular complexity index is 1270. The van der Waals surface area contributed by atoms with Crippen molar-refractivity contribution in [3.8, 4) is 11.3 Å². The molecule has 1 saturated heterocycles. The van der Waals surface area contributed by atoms with Crippen LogP contribution in [0.4, 0.5) is 31.3 Å². The number of alkyl halides is 6. The van der Waals surface area contributed by atoms with E-state index in [9.17, 15) is 31.1 Å². The Morgan fingerprint density at radius 2 is 1.76 bits per heavy atom. The maximum absolute atomic E-state index is 13.5. The van der Waals surface area contributed by atoms with Gasteiger partial charge in [-0.25, -0.2) is 24.6 Å². The average molecular weight is 549 g/mol. The number of piperazine rings is 1. The topological polar surface area (TPSA) is 92.9 Å². The number of hydrogen-bond acceptors (Lipinski definition) is 8. The van der Waals surface area contributed by atoms with Crippen LogP contribution in [0.25, 0.3) is 11.3 Å². The molecule has 0 spiro atoms. The van der Waals surface area contributed by atoms with Gasteiger partial charge in [0.1, 0.15) is 23.1 Å². The van der Waals surface area contributed by atoms with Gasteiger partial charge in [0.25, 0.3) is 0 Å². The molecule has 0 saturated carbocycles. The third-order valence-corrected chi connectivity index (χ3v) is 6.93. The van der Waals surface area contributed by atoms with E-state index in [1.165, 1.54) is 4.68 Å². The van der Waals surface area contributed by atoms with Crippen LogP contribution in [0.5, 0.6) is 0 Å². The number of aromatic nitrogens is 6. The van der Waals surface area contributed by atoms with E-state index in [1.807, 2.05) is 6.92 Å². The lowest BCUT2D eigenvalue weighted by Gasteiger charge is -2.40. The second-order valence-electron chi connectivity index (χ2n) is 8.43. The van der Waals surface area contributed by atoms with E-state index in [2.05, 4.69) is 25.0 Å². The molecule has 0 radical (unpaired) electrons. The third-order valence-electron chi connectivity index (χ3n) is 5.77. The maximum Gasteiger partial charge on any atom is 0.451 e. The van der Waals surface area contributed by atoms with Crippen molar-refractivity contribution in [3.05, 3.63) is 34.9 Å². The first-order valence-electron chi connectivity index (χ1n) is 11.2. The molecule has 3 aromatic rings. The summed E-state index contributed by atoms with van der Waals surface area (Å²) in [5.41, 5.74) is -0.238. The predicted molar refractivity (Wildman–Crippen MR) is 121 cm³/mol. The molecular weight excluding hydrogens is 526 g/mol. The van der Waals surface area contributed by atoms with Crippen LogP contribution in [0, 0.1) is 6.92 Å². The van der Waals surface area contributed by atoms with Crippen molar-refractivity contribution >= 4 is 22.2 Å². The van der Waals surface area contributed by atoms with Crippen LogP contribution < -0.4 is 4.90 Å². The molecule has 4 heterocycles. The second-order valence-corrected chi connectivity index (χ2v) is 9.41. The molecule has 3 aromatic heterocycles. The molecular formula is C21H22F6N8OS. The zero-order chi connectivity index (χ0) is 27.1. The van der Waals surface area contributed by atoms with Crippen LogP contribution in [-0.2, 0) is 30.1 Å². The fourth-order valence-electron chi connectivity index (χ4n) is 3.94. The van der Waals surface area contributed by atoms with Gasteiger partial charge in [0, 0.05) is 50.1 Å². The summed E-state index contributed by atoms with van der Waals surface area (Å²) >= 11 is 0.385. The highest BCUT2D eigenvalue weighted by Gasteiger charge is 2.39. The smallest absolute Gasteiger partial charge is 0.358 e. The number of thiazole rings is 1. The molecule has 0 aliphatic carbocycles. The normalized spacial score (nSPS) is 16.9. The van der Waals surface area contributed by atoms with Gasteiger partial charge in [-0.3, -0.25) is 4.79 Å². The van der Waals surface area contributed by atoms with Crippen LogP contribution in [0.2, 0.25) is 0 Å². The van der Waals surface area contributed by atoms with Gasteiger partial charge in [0.05, 0.1) is 0 Å². The van der Waals surface area contributed by atoms with Crippen molar-refractivity contribution in [2.45, 2.75) is 52.1 Å². The summed E-state index contributed by atoms with van der Waals surface area (Å²) in [5.74, 6) is -0.393. The molecule has 37 heavy (non-hydrogen) atoms. The summed E-state index contributed by atoms with van der Waals surface area (Å²) in [4.78, 5) is 30.7. The minimum Gasteiger partial charge on any atom is -0.358 e. The van der Waals surface area contributed by atoms with Gasteiger partial charge >= 0.3 is 12.4 Å². The van der Waals surface area contributed by atoms with Gasteiger partial charge in [-0.05, 0) is 13.8 Å². The van der Waals surface area contributed by atoms with Crippen LogP contribution in [0.3, 0.4) is 0 Å². The van der Waals surface area contributed by atoms with Gasteiger partial charge in [0.15, 0.2) is 5.82 Å². The molecule has 1 atom stereocenters. The summed E-state index contributed by atoms with van der Waals surface area (Å²) in [7, 11) is 0. The Labute approximate surface area is 211 Å². The summed E-state index contributed by atoms with van der Waals surface area (Å²) in [5, 5.41) is 3.27. The summed E-state index contributed by atoms with van der Waals surface area (Å²) < 4.78 is 80.5. The molecule has 16 heteroatoms. The van der Waals surface area contributed by atoms with Gasteiger partial charge in [0.2, 0.25) is 16.7 Å². The third kappa shape index (κ3) is 5.67. The lowest BCUT2D eigenvalue weighted by molar-refractivity contribution is -0.145. The number of hydrogen-bond donors (Lipinski definition) is 0. The Hall–Kier alpha value is -3.30. The van der Waals surface area contributed by atoms with Crippen LogP contribution in [0.15, 0.2) is 12.4 Å². The molecule has 9 nitrogen and oxygen atoms in total. The number of amides is 1. The lowest BCUT2D eigenvalue weighted by atomic mass is 10.1. The SMILES string of the molecule is CCc1nc(C)n(CC(=O)N2CCN(c3sc(C(F)(F)F)nc3-c3cnc(C(F)(F)F)nc3)CC2C)n1. The molecule has 1 aliphatic heterocycles. The maximum atomic E-state index is 13.5. The highest BCUT2D eigenvalue weighted by molar-refractivity contribution is 7.16. The van der Waals surface area contributed by atoms with Gasteiger partial charge in [-0.2, -0.15) is 31.4 Å². The zero-order valence-corrected chi connectivity index (χ0v) is 20.7. The number of rotatable bonds is 5. The highest BCUT2D eigenvalue weighted by Crippen LogP contribution is 2.43. The Balaban J connectivity index is 1.56. The van der Waals surface area contributed by atoms with Crippen molar-refractivity contribution < 1.29 is 31.1 Å². The fourth-order valence-corrected chi connectivity index (χ4v) is 4.93. The first-order valence-corrected chi connectivity index (χ1v) is 12.0. The standard InChI is InChI=1S/C21H22F6N8OS/c1-4-14-30-12(3)35(32-14)10-15(36)34-6-5-33(9-11(34)2)17-16(31-19(37-17)21(25,26)27)13-7-28-18(29-8-13)20(22,23)24/h7-8,11H,4-6,9-10H2,1-3H3. The summed E-state index contributed by atoms with van der Waals surface area (Å²) in [6.07, 6.45) is -7.30. The molecule has 1 unspecified atom stereocenters. The van der Waals surface area contributed by atoms with E-state index in [1.54, 1.807) is 23.6 Å². The first kappa shape index (κ1) is 26.8. The van der Waals surface area contributed by atoms with Crippen molar-refractivity contribution in [1.29, 1.82) is 0 Å². The Kier molecular flexibility index (Phi) is 7.14. The molecule has 0 N–H and O–H groups in total. The second kappa shape index (κ2) is 9.87. The van der Waals surface area contributed by atoms with E-state index >= 15 is 0 Å². The molecule has 4 rings (SSSR count). The minimum atomic E-state index is -4.79. The van der Waals surface area contributed by atoms with E-state index in [4.69, 9.17) is 0 Å². The zero-order valence-electron chi connectivity index (χ0n) is 19.9. The number of carbonyl (C=O) groups excluding carboxylic acids is 1. The molecule has 1 fully saturated rings. The number of anilines is 1. The van der Waals surface area contributed by atoms with Gasteiger partial charge < -0.3 is 9.80 Å². The number of nitrogens with zero attached hydrogens (tertiary/aromatic N) is 8. The monoisotopic (exact) mass is 548 g/mol. The van der Waals surface area contributed by atoms with Gasteiger partial charge in [-0.1, -0.05) is 18.3 Å². The largest absolute Gasteiger partial charge is 0.451 e. The predicted octanol–water partition coefficient (Wildman–Crippen LogP) is 3.84. The molecule has 0 bridgehead atoms.